The van der Waals surface area contributed by atoms with E-state index in [0.717, 1.165) is 24.9 Å². The van der Waals surface area contributed by atoms with Crippen molar-refractivity contribution < 1.29 is 4.79 Å². The first kappa shape index (κ1) is 14.6. The number of hydrogen-bond donors (Lipinski definition) is 2. The third-order valence-corrected chi connectivity index (χ3v) is 3.96. The summed E-state index contributed by atoms with van der Waals surface area (Å²) in [6.45, 7) is 2.82. The van der Waals surface area contributed by atoms with E-state index in [9.17, 15) is 4.79 Å². The molecule has 2 unspecified atom stereocenters. The summed E-state index contributed by atoms with van der Waals surface area (Å²) in [4.78, 5) is 11.5. The van der Waals surface area contributed by atoms with Crippen molar-refractivity contribution in [1.82, 2.24) is 10.6 Å². The first-order chi connectivity index (χ1) is 9.06. The molecule has 1 fully saturated rings. The van der Waals surface area contributed by atoms with Crippen molar-refractivity contribution in [2.75, 3.05) is 6.54 Å². The standard InChI is InChI=1S/C14H18Cl2N2O/c1-9(12-5-4-10(15)7-13(12)16)18-11-3-2-6-17-14(19)8-11/h4-5,7,9,11,18H,2-3,6,8H2,1H3,(H,17,19). The predicted molar refractivity (Wildman–Crippen MR) is 78.7 cm³/mol. The van der Waals surface area contributed by atoms with Crippen molar-refractivity contribution in [1.29, 1.82) is 0 Å². The summed E-state index contributed by atoms with van der Waals surface area (Å²) in [5.41, 5.74) is 1.01. The zero-order chi connectivity index (χ0) is 13.8. The van der Waals surface area contributed by atoms with Crippen molar-refractivity contribution in [3.8, 4) is 0 Å². The van der Waals surface area contributed by atoms with Gasteiger partial charge in [-0.1, -0.05) is 29.3 Å². The van der Waals surface area contributed by atoms with Crippen molar-refractivity contribution in [2.24, 2.45) is 0 Å². The topological polar surface area (TPSA) is 41.1 Å². The number of nitrogens with one attached hydrogen (secondary N) is 2. The molecule has 5 heteroatoms. The average molecular weight is 301 g/mol. The van der Waals surface area contributed by atoms with E-state index in [2.05, 4.69) is 17.6 Å². The molecule has 2 atom stereocenters. The van der Waals surface area contributed by atoms with Crippen LogP contribution >= 0.6 is 23.2 Å². The third-order valence-electron chi connectivity index (χ3n) is 3.40. The number of amides is 1. The molecule has 1 aromatic carbocycles. The van der Waals surface area contributed by atoms with Crippen LogP contribution in [0.3, 0.4) is 0 Å². The molecule has 19 heavy (non-hydrogen) atoms. The summed E-state index contributed by atoms with van der Waals surface area (Å²) in [6.07, 6.45) is 2.52. The Morgan fingerprint density at radius 3 is 2.95 bits per heavy atom. The van der Waals surface area contributed by atoms with Crippen LogP contribution in [0.4, 0.5) is 0 Å². The lowest BCUT2D eigenvalue weighted by atomic mass is 10.0. The molecule has 2 N–H and O–H groups in total. The largest absolute Gasteiger partial charge is 0.356 e. The maximum Gasteiger partial charge on any atom is 0.221 e. The van der Waals surface area contributed by atoms with Gasteiger partial charge in [0.25, 0.3) is 0 Å². The highest BCUT2D eigenvalue weighted by Gasteiger charge is 2.20. The summed E-state index contributed by atoms with van der Waals surface area (Å²) in [5.74, 6) is 0.115. The predicted octanol–water partition coefficient (Wildman–Crippen LogP) is 3.31. The number of carbonyl (C=O) groups excluding carboxylic acids is 1. The van der Waals surface area contributed by atoms with Gasteiger partial charge in [-0.3, -0.25) is 4.79 Å². The fraction of sp³-hybridized carbons (Fsp3) is 0.500. The molecule has 0 aliphatic carbocycles. The molecule has 2 rings (SSSR count). The number of rotatable bonds is 3. The molecule has 0 radical (unpaired) electrons. The van der Waals surface area contributed by atoms with Crippen LogP contribution in [0.15, 0.2) is 18.2 Å². The van der Waals surface area contributed by atoms with Crippen LogP contribution in [0.25, 0.3) is 0 Å². The van der Waals surface area contributed by atoms with Crippen LogP contribution in [0, 0.1) is 0 Å². The van der Waals surface area contributed by atoms with Gasteiger partial charge in [0.2, 0.25) is 5.91 Å². The van der Waals surface area contributed by atoms with Crippen molar-refractivity contribution >= 4 is 29.1 Å². The summed E-state index contributed by atoms with van der Waals surface area (Å²) < 4.78 is 0. The van der Waals surface area contributed by atoms with Crippen LogP contribution in [0.1, 0.15) is 37.8 Å². The monoisotopic (exact) mass is 300 g/mol. The van der Waals surface area contributed by atoms with Gasteiger partial charge in [0.15, 0.2) is 0 Å². The van der Waals surface area contributed by atoms with Crippen LogP contribution in [0.2, 0.25) is 10.0 Å². The van der Waals surface area contributed by atoms with E-state index >= 15 is 0 Å². The SMILES string of the molecule is CC(NC1CCCNC(=O)C1)c1ccc(Cl)cc1Cl. The molecule has 1 amide bonds. The maximum atomic E-state index is 11.5. The molecule has 104 valence electrons. The number of benzene rings is 1. The zero-order valence-corrected chi connectivity index (χ0v) is 12.4. The lowest BCUT2D eigenvalue weighted by molar-refractivity contribution is -0.121. The Bertz CT molecular complexity index is 465. The third kappa shape index (κ3) is 4.10. The van der Waals surface area contributed by atoms with Crippen LogP contribution < -0.4 is 10.6 Å². The normalized spacial score (nSPS) is 21.6. The van der Waals surface area contributed by atoms with Crippen molar-refractivity contribution in [3.63, 3.8) is 0 Å². The first-order valence-corrected chi connectivity index (χ1v) is 7.29. The summed E-state index contributed by atoms with van der Waals surface area (Å²) in [6, 6.07) is 5.81. The van der Waals surface area contributed by atoms with E-state index in [0.29, 0.717) is 16.5 Å². The minimum atomic E-state index is 0.0978. The van der Waals surface area contributed by atoms with E-state index in [4.69, 9.17) is 23.2 Å². The van der Waals surface area contributed by atoms with Crippen molar-refractivity contribution in [2.45, 2.75) is 38.3 Å². The Kier molecular flexibility index (Phi) is 5.08. The second-order valence-corrected chi connectivity index (χ2v) is 5.79. The molecule has 1 saturated heterocycles. The van der Waals surface area contributed by atoms with E-state index < -0.39 is 0 Å². The van der Waals surface area contributed by atoms with Gasteiger partial charge in [0, 0.05) is 35.1 Å². The smallest absolute Gasteiger partial charge is 0.221 e. The summed E-state index contributed by atoms with van der Waals surface area (Å²) in [5, 5.41) is 7.65. The first-order valence-electron chi connectivity index (χ1n) is 6.54. The van der Waals surface area contributed by atoms with Crippen molar-refractivity contribution in [3.05, 3.63) is 33.8 Å². The van der Waals surface area contributed by atoms with Crippen LogP contribution in [-0.4, -0.2) is 18.5 Å². The highest BCUT2D eigenvalue weighted by molar-refractivity contribution is 6.35. The van der Waals surface area contributed by atoms with Gasteiger partial charge < -0.3 is 10.6 Å². The van der Waals surface area contributed by atoms with Gasteiger partial charge in [-0.25, -0.2) is 0 Å². The molecule has 1 aliphatic heterocycles. The average Bonchev–Trinajstić information content (AvgIpc) is 2.53. The number of carbonyl (C=O) groups is 1. The van der Waals surface area contributed by atoms with E-state index in [1.54, 1.807) is 6.07 Å². The van der Waals surface area contributed by atoms with E-state index in [1.165, 1.54) is 0 Å². The second kappa shape index (κ2) is 6.60. The van der Waals surface area contributed by atoms with Gasteiger partial charge in [-0.15, -0.1) is 0 Å². The number of halogens is 2. The molecule has 3 nitrogen and oxygen atoms in total. The zero-order valence-electron chi connectivity index (χ0n) is 10.9. The lowest BCUT2D eigenvalue weighted by Gasteiger charge is -2.22. The van der Waals surface area contributed by atoms with Crippen LogP contribution in [-0.2, 0) is 4.79 Å². The molecule has 1 aliphatic rings. The molecular formula is C14H18Cl2N2O. The molecule has 1 aromatic rings. The van der Waals surface area contributed by atoms with Crippen LogP contribution in [0.5, 0.6) is 0 Å². The second-order valence-electron chi connectivity index (χ2n) is 4.95. The van der Waals surface area contributed by atoms with Gasteiger partial charge in [-0.2, -0.15) is 0 Å². The molecule has 1 heterocycles. The highest BCUT2D eigenvalue weighted by atomic mass is 35.5. The molecule has 0 saturated carbocycles. The van der Waals surface area contributed by atoms with Gasteiger partial charge in [-0.05, 0) is 37.5 Å². The Morgan fingerprint density at radius 2 is 2.21 bits per heavy atom. The Morgan fingerprint density at radius 1 is 1.42 bits per heavy atom. The highest BCUT2D eigenvalue weighted by Crippen LogP contribution is 2.27. The van der Waals surface area contributed by atoms with E-state index in [-0.39, 0.29) is 18.0 Å². The molecule has 0 bridgehead atoms. The fourth-order valence-electron chi connectivity index (χ4n) is 2.41. The minimum Gasteiger partial charge on any atom is -0.356 e. The minimum absolute atomic E-state index is 0.0978. The quantitative estimate of drug-likeness (QED) is 0.899. The lowest BCUT2D eigenvalue weighted by Crippen LogP contribution is -2.34. The van der Waals surface area contributed by atoms with Gasteiger partial charge >= 0.3 is 0 Å². The van der Waals surface area contributed by atoms with Gasteiger partial charge in [0.05, 0.1) is 0 Å². The van der Waals surface area contributed by atoms with E-state index in [1.807, 2.05) is 12.1 Å². The van der Waals surface area contributed by atoms with Gasteiger partial charge in [0.1, 0.15) is 0 Å². The number of hydrogen-bond acceptors (Lipinski definition) is 2. The fourth-order valence-corrected chi connectivity index (χ4v) is 2.98. The Hall–Kier alpha value is -0.770. The molecular weight excluding hydrogens is 283 g/mol. The Labute approximate surface area is 123 Å². The molecule has 0 spiro atoms. The molecule has 0 aromatic heterocycles. The summed E-state index contributed by atoms with van der Waals surface area (Å²) >= 11 is 12.1. The summed E-state index contributed by atoms with van der Waals surface area (Å²) in [7, 11) is 0. The Balaban J connectivity index is 2.03. The maximum absolute atomic E-state index is 11.5.